The maximum atomic E-state index is 11.9. The quantitative estimate of drug-likeness (QED) is 0.219. The Bertz CT molecular complexity index is 1260. The topological polar surface area (TPSA) is 120 Å². The van der Waals surface area contributed by atoms with Crippen LogP contribution in [0.4, 0.5) is 10.6 Å². The number of hydrogen-bond donors (Lipinski definition) is 1. The molecule has 4 heterocycles. The number of imidazole rings is 3. The van der Waals surface area contributed by atoms with Gasteiger partial charge in [0.2, 0.25) is 0 Å². The number of aryl methyl sites for hydroxylation is 1. The number of amides is 1. The number of anilines is 1. The van der Waals surface area contributed by atoms with Crippen molar-refractivity contribution in [1.82, 2.24) is 29.1 Å². The zero-order valence-electron chi connectivity index (χ0n) is 23.0. The fourth-order valence-electron chi connectivity index (χ4n) is 3.14. The largest absolute Gasteiger partial charge is 0.460 e. The van der Waals surface area contributed by atoms with E-state index < -0.39 is 11.2 Å². The molecule has 0 aliphatic carbocycles. The van der Waals surface area contributed by atoms with Crippen molar-refractivity contribution in [3.8, 4) is 0 Å². The number of hydrogen-bond acceptors (Lipinski definition) is 7. The normalized spacial score (nSPS) is 12.6. The van der Waals surface area contributed by atoms with Gasteiger partial charge in [0, 0.05) is 26.1 Å². The van der Waals surface area contributed by atoms with Crippen molar-refractivity contribution < 1.29 is 19.1 Å². The van der Waals surface area contributed by atoms with Crippen molar-refractivity contribution in [3.63, 3.8) is 0 Å². The molecule has 1 amide bonds. The van der Waals surface area contributed by atoms with E-state index in [0.29, 0.717) is 13.0 Å². The SMILES string of the molecule is CC(C)(C)OC(=O)CCCn1cnc(I)c1I.CC(C)(C)OC(=O)N1CCn2cnc(I)c21.Ic1nc[nH]c1I. The van der Waals surface area contributed by atoms with E-state index in [4.69, 9.17) is 9.47 Å². The number of esters is 1. The molecule has 16 heteroatoms. The van der Waals surface area contributed by atoms with E-state index in [9.17, 15) is 9.59 Å². The molecule has 0 bridgehead atoms. The molecule has 0 unspecified atom stereocenters. The van der Waals surface area contributed by atoms with Gasteiger partial charge < -0.3 is 23.6 Å². The zero-order chi connectivity index (χ0) is 30.3. The van der Waals surface area contributed by atoms with Crippen LogP contribution in [0.15, 0.2) is 19.0 Å². The Morgan fingerprint density at radius 3 is 1.98 bits per heavy atom. The number of halogens is 5. The lowest BCUT2D eigenvalue weighted by Crippen LogP contribution is -2.36. The van der Waals surface area contributed by atoms with Crippen molar-refractivity contribution in [1.29, 1.82) is 0 Å². The second-order valence-electron chi connectivity index (χ2n) is 10.4. The number of ether oxygens (including phenoxy) is 2. The second kappa shape index (κ2) is 16.2. The van der Waals surface area contributed by atoms with Gasteiger partial charge in [0.25, 0.3) is 0 Å². The van der Waals surface area contributed by atoms with Crippen molar-refractivity contribution >= 4 is 131 Å². The predicted octanol–water partition coefficient (Wildman–Crippen LogP) is 7.08. The van der Waals surface area contributed by atoms with E-state index in [2.05, 4.69) is 133 Å². The van der Waals surface area contributed by atoms with Crippen LogP contribution >= 0.6 is 113 Å². The smallest absolute Gasteiger partial charge is 0.416 e. The Balaban J connectivity index is 0.000000227. The Kier molecular flexibility index (Phi) is 14.7. The maximum Gasteiger partial charge on any atom is 0.416 e. The van der Waals surface area contributed by atoms with E-state index in [1.807, 2.05) is 50.7 Å². The summed E-state index contributed by atoms with van der Waals surface area (Å²) in [5.74, 6) is 0.706. The van der Waals surface area contributed by atoms with Crippen LogP contribution in [0.5, 0.6) is 0 Å². The first-order chi connectivity index (χ1) is 18.5. The van der Waals surface area contributed by atoms with Crippen molar-refractivity contribution in [3.05, 3.63) is 37.5 Å². The van der Waals surface area contributed by atoms with Crippen LogP contribution in [0.2, 0.25) is 0 Å². The number of H-pyrrole nitrogens is 1. The van der Waals surface area contributed by atoms with E-state index in [-0.39, 0.29) is 12.1 Å². The molecule has 222 valence electrons. The number of carbonyl (C=O) groups excluding carboxylic acids is 2. The van der Waals surface area contributed by atoms with Crippen molar-refractivity contribution in [2.45, 2.75) is 78.7 Å². The number of fused-ring (bicyclic) bond motifs is 1. The van der Waals surface area contributed by atoms with Crippen molar-refractivity contribution in [2.24, 2.45) is 0 Å². The van der Waals surface area contributed by atoms with Gasteiger partial charge in [-0.1, -0.05) is 0 Å². The summed E-state index contributed by atoms with van der Waals surface area (Å²) in [6.07, 6.45) is 6.16. The highest BCUT2D eigenvalue weighted by Gasteiger charge is 2.31. The molecule has 11 nitrogen and oxygen atoms in total. The predicted molar refractivity (Wildman–Crippen MR) is 195 cm³/mol. The minimum atomic E-state index is -0.462. The van der Waals surface area contributed by atoms with Gasteiger partial charge >= 0.3 is 12.1 Å². The van der Waals surface area contributed by atoms with Gasteiger partial charge in [-0.2, -0.15) is 0 Å². The molecule has 3 aromatic rings. The summed E-state index contributed by atoms with van der Waals surface area (Å²) in [6.45, 7) is 13.5. The Morgan fingerprint density at radius 2 is 1.50 bits per heavy atom. The lowest BCUT2D eigenvalue weighted by Gasteiger charge is -2.23. The van der Waals surface area contributed by atoms with E-state index in [1.165, 1.54) is 0 Å². The van der Waals surface area contributed by atoms with Gasteiger partial charge in [-0.25, -0.2) is 19.7 Å². The summed E-state index contributed by atoms with van der Waals surface area (Å²) < 4.78 is 19.7. The number of aromatic amines is 1. The Hall–Kier alpha value is 0.0200. The molecule has 0 fully saturated rings. The van der Waals surface area contributed by atoms with Gasteiger partial charge in [0.05, 0.1) is 19.0 Å². The molecule has 0 spiro atoms. The second-order valence-corrected chi connectivity index (χ2v) is 15.6. The Labute approximate surface area is 302 Å². The average molecular weight is 1120 g/mol. The zero-order valence-corrected chi connectivity index (χ0v) is 33.8. The number of carbonyl (C=O) groups is 2. The highest BCUT2D eigenvalue weighted by Crippen LogP contribution is 2.28. The molecule has 0 atom stereocenters. The van der Waals surface area contributed by atoms with E-state index in [1.54, 1.807) is 23.9 Å². The highest BCUT2D eigenvalue weighted by atomic mass is 127. The van der Waals surface area contributed by atoms with Crippen molar-refractivity contribution in [2.75, 3.05) is 11.4 Å². The summed E-state index contributed by atoms with van der Waals surface area (Å²) in [5.41, 5.74) is -0.855. The first-order valence-corrected chi connectivity index (χ1v) is 17.5. The number of aromatic nitrogens is 6. The first-order valence-electron chi connectivity index (χ1n) is 12.1. The molecule has 0 saturated carbocycles. The third-order valence-electron chi connectivity index (χ3n) is 4.68. The lowest BCUT2D eigenvalue weighted by molar-refractivity contribution is -0.154. The summed E-state index contributed by atoms with van der Waals surface area (Å²) in [4.78, 5) is 40.3. The van der Waals surface area contributed by atoms with Gasteiger partial charge in [0.1, 0.15) is 29.7 Å². The molecule has 0 saturated heterocycles. The molecule has 1 N–H and O–H groups in total. The van der Waals surface area contributed by atoms with Gasteiger partial charge in [-0.15, -0.1) is 0 Å². The van der Waals surface area contributed by atoms with Crippen LogP contribution in [0.3, 0.4) is 0 Å². The average Bonchev–Trinajstić information content (AvgIpc) is 3.58. The van der Waals surface area contributed by atoms with Gasteiger partial charge in [0.15, 0.2) is 5.82 Å². The van der Waals surface area contributed by atoms with Gasteiger partial charge in [-0.05, 0) is 161 Å². The summed E-state index contributed by atoms with van der Waals surface area (Å²) >= 11 is 10.9. The molecule has 0 aromatic carbocycles. The molecule has 1 aliphatic heterocycles. The molecule has 4 rings (SSSR count). The standard InChI is InChI=1S/C11H16I2N2O2.C10H14IN3O2.C3H2I2N2/c1-11(2,3)17-8(16)5-4-6-15-7-14-9(12)10(15)13;1-10(2,3)16-9(15)14-5-4-13-6-12-7(11)8(13)14;4-2-3(5)7-1-6-2/h7H,4-6H2,1-3H3;6H,4-5H2,1-3H3;1H,(H,6,7). The minimum absolute atomic E-state index is 0.137. The van der Waals surface area contributed by atoms with Crippen LogP contribution in [-0.2, 0) is 27.4 Å². The van der Waals surface area contributed by atoms with Crippen LogP contribution in [0.25, 0.3) is 0 Å². The molecule has 1 aliphatic rings. The van der Waals surface area contributed by atoms with Gasteiger partial charge in [-0.3, -0.25) is 9.69 Å². The number of nitrogens with zero attached hydrogens (tertiary/aromatic N) is 6. The first kappa shape index (κ1) is 36.2. The maximum absolute atomic E-state index is 11.9. The van der Waals surface area contributed by atoms with Crippen LogP contribution in [0, 0.1) is 18.5 Å². The summed E-state index contributed by atoms with van der Waals surface area (Å²) in [5, 5.41) is 0. The van der Waals surface area contributed by atoms with Crippen LogP contribution in [-0.4, -0.2) is 58.9 Å². The fraction of sp³-hybridized carbons (Fsp3) is 0.542. The molecule has 3 aromatic heterocycles. The number of rotatable bonds is 4. The lowest BCUT2D eigenvalue weighted by atomic mass is 10.2. The van der Waals surface area contributed by atoms with E-state index >= 15 is 0 Å². The molecule has 0 radical (unpaired) electrons. The van der Waals surface area contributed by atoms with Crippen LogP contribution < -0.4 is 4.90 Å². The molecular formula is C24H32I5N7O4. The minimum Gasteiger partial charge on any atom is -0.460 e. The van der Waals surface area contributed by atoms with Crippen LogP contribution in [0.1, 0.15) is 54.4 Å². The third-order valence-corrected chi connectivity index (χ3v) is 11.1. The monoisotopic (exact) mass is 1120 g/mol. The third kappa shape index (κ3) is 12.3. The summed E-state index contributed by atoms with van der Waals surface area (Å²) in [7, 11) is 0. The Morgan fingerprint density at radius 1 is 0.875 bits per heavy atom. The summed E-state index contributed by atoms with van der Waals surface area (Å²) in [6, 6.07) is 0. The number of nitrogens with one attached hydrogen (secondary N) is 1. The van der Waals surface area contributed by atoms with E-state index in [0.717, 1.165) is 43.8 Å². The molecule has 40 heavy (non-hydrogen) atoms. The highest BCUT2D eigenvalue weighted by molar-refractivity contribution is 14.1. The fourth-order valence-corrected chi connectivity index (χ4v) is 5.38. The molecular weight excluding hydrogens is 1080 g/mol.